The van der Waals surface area contributed by atoms with Gasteiger partial charge in [-0.3, -0.25) is 0 Å². The highest BCUT2D eigenvalue weighted by molar-refractivity contribution is 9.10. The molecule has 1 rings (SSSR count). The summed E-state index contributed by atoms with van der Waals surface area (Å²) in [6, 6.07) is 5.04. The molecule has 0 spiro atoms. The van der Waals surface area contributed by atoms with E-state index in [0.717, 1.165) is 5.56 Å². The van der Waals surface area contributed by atoms with Crippen LogP contribution in [0.5, 0.6) is 0 Å². The van der Waals surface area contributed by atoms with Crippen molar-refractivity contribution in [2.24, 2.45) is 0 Å². The van der Waals surface area contributed by atoms with Crippen LogP contribution in [0.4, 0.5) is 4.39 Å². The molecular formula is C12H17BrFNO. The van der Waals surface area contributed by atoms with Crippen molar-refractivity contribution in [3.05, 3.63) is 34.1 Å². The third-order valence-electron chi connectivity index (χ3n) is 2.28. The molecule has 1 atom stereocenters. The van der Waals surface area contributed by atoms with Gasteiger partial charge in [0.05, 0.1) is 10.1 Å². The van der Waals surface area contributed by atoms with Crippen LogP contribution < -0.4 is 5.32 Å². The van der Waals surface area contributed by atoms with Gasteiger partial charge in [0.25, 0.3) is 0 Å². The number of aliphatic hydroxyl groups is 1. The van der Waals surface area contributed by atoms with Gasteiger partial charge in [0.15, 0.2) is 0 Å². The first kappa shape index (κ1) is 13.6. The second kappa shape index (κ2) is 5.25. The molecule has 90 valence electrons. The molecule has 0 aliphatic heterocycles. The molecule has 0 fully saturated rings. The van der Waals surface area contributed by atoms with E-state index in [1.54, 1.807) is 19.9 Å². The second-order valence-corrected chi connectivity index (χ2v) is 5.44. The minimum Gasteiger partial charge on any atom is -0.389 e. The first-order chi connectivity index (χ1) is 7.29. The monoisotopic (exact) mass is 289 g/mol. The molecule has 1 aromatic rings. The summed E-state index contributed by atoms with van der Waals surface area (Å²) in [5, 5.41) is 12.7. The third-order valence-corrected chi connectivity index (χ3v) is 2.93. The summed E-state index contributed by atoms with van der Waals surface area (Å²) in [5.41, 5.74) is 0.104. The SMILES string of the molecule is CC(NCC(C)(C)O)c1ccc(Br)c(F)c1. The van der Waals surface area contributed by atoms with E-state index in [9.17, 15) is 9.50 Å². The Labute approximate surface area is 104 Å². The van der Waals surface area contributed by atoms with Crippen molar-refractivity contribution in [3.8, 4) is 0 Å². The summed E-state index contributed by atoms with van der Waals surface area (Å²) >= 11 is 3.11. The number of nitrogens with one attached hydrogen (secondary N) is 1. The maximum atomic E-state index is 13.3. The molecule has 1 aromatic carbocycles. The predicted octanol–water partition coefficient (Wildman–Crippen LogP) is 3.01. The zero-order valence-electron chi connectivity index (χ0n) is 9.72. The van der Waals surface area contributed by atoms with Crippen LogP contribution in [0, 0.1) is 5.82 Å². The van der Waals surface area contributed by atoms with E-state index in [1.807, 2.05) is 13.0 Å². The lowest BCUT2D eigenvalue weighted by Crippen LogP contribution is -2.36. The standard InChI is InChI=1S/C12H17BrFNO/c1-8(15-7-12(2,3)16)9-4-5-10(13)11(14)6-9/h4-6,8,15-16H,7H2,1-3H3. The average Bonchev–Trinajstić information content (AvgIpc) is 2.17. The first-order valence-corrected chi connectivity index (χ1v) is 5.99. The summed E-state index contributed by atoms with van der Waals surface area (Å²) < 4.78 is 13.8. The number of hydrogen-bond donors (Lipinski definition) is 2. The predicted molar refractivity (Wildman–Crippen MR) is 66.8 cm³/mol. The highest BCUT2D eigenvalue weighted by Gasteiger charge is 2.15. The summed E-state index contributed by atoms with van der Waals surface area (Å²) in [7, 11) is 0. The van der Waals surface area contributed by atoms with Crippen LogP contribution >= 0.6 is 15.9 Å². The van der Waals surface area contributed by atoms with Crippen molar-refractivity contribution in [2.75, 3.05) is 6.54 Å². The van der Waals surface area contributed by atoms with Gasteiger partial charge in [0.2, 0.25) is 0 Å². The quantitative estimate of drug-likeness (QED) is 0.893. The van der Waals surface area contributed by atoms with Gasteiger partial charge in [0.1, 0.15) is 5.82 Å². The van der Waals surface area contributed by atoms with Gasteiger partial charge in [-0.2, -0.15) is 0 Å². The first-order valence-electron chi connectivity index (χ1n) is 5.20. The minimum atomic E-state index is -0.762. The Morgan fingerprint density at radius 3 is 2.62 bits per heavy atom. The normalized spacial score (nSPS) is 13.9. The largest absolute Gasteiger partial charge is 0.389 e. The van der Waals surface area contributed by atoms with Crippen LogP contribution in [0.15, 0.2) is 22.7 Å². The van der Waals surface area contributed by atoms with Crippen LogP contribution in [0.25, 0.3) is 0 Å². The zero-order valence-corrected chi connectivity index (χ0v) is 11.3. The minimum absolute atomic E-state index is 0.00836. The van der Waals surface area contributed by atoms with Crippen molar-refractivity contribution in [1.82, 2.24) is 5.32 Å². The fourth-order valence-electron chi connectivity index (χ4n) is 1.30. The molecule has 16 heavy (non-hydrogen) atoms. The van der Waals surface area contributed by atoms with Crippen molar-refractivity contribution in [2.45, 2.75) is 32.4 Å². The van der Waals surface area contributed by atoms with E-state index >= 15 is 0 Å². The Bertz CT molecular complexity index is 363. The van der Waals surface area contributed by atoms with Crippen molar-refractivity contribution >= 4 is 15.9 Å². The fourth-order valence-corrected chi connectivity index (χ4v) is 1.55. The number of halogens is 2. The van der Waals surface area contributed by atoms with Gasteiger partial charge in [0, 0.05) is 12.6 Å². The van der Waals surface area contributed by atoms with E-state index < -0.39 is 5.60 Å². The highest BCUT2D eigenvalue weighted by atomic mass is 79.9. The Morgan fingerprint density at radius 2 is 2.12 bits per heavy atom. The molecule has 0 bridgehead atoms. The summed E-state index contributed by atoms with van der Waals surface area (Å²) in [4.78, 5) is 0. The number of hydrogen-bond acceptors (Lipinski definition) is 2. The van der Waals surface area contributed by atoms with Gasteiger partial charge >= 0.3 is 0 Å². The van der Waals surface area contributed by atoms with Gasteiger partial charge < -0.3 is 10.4 Å². The van der Waals surface area contributed by atoms with Crippen LogP contribution in [0.3, 0.4) is 0 Å². The smallest absolute Gasteiger partial charge is 0.137 e. The van der Waals surface area contributed by atoms with Gasteiger partial charge in [-0.25, -0.2) is 4.39 Å². The molecule has 0 aromatic heterocycles. The number of rotatable bonds is 4. The topological polar surface area (TPSA) is 32.3 Å². The number of benzene rings is 1. The summed E-state index contributed by atoms with van der Waals surface area (Å²) in [6.07, 6.45) is 0. The molecule has 2 nitrogen and oxygen atoms in total. The molecule has 0 saturated heterocycles. The second-order valence-electron chi connectivity index (χ2n) is 4.59. The van der Waals surface area contributed by atoms with Crippen LogP contribution in [0.2, 0.25) is 0 Å². The fraction of sp³-hybridized carbons (Fsp3) is 0.500. The van der Waals surface area contributed by atoms with Crippen LogP contribution in [-0.2, 0) is 0 Å². The Balaban J connectivity index is 2.66. The van der Waals surface area contributed by atoms with Crippen molar-refractivity contribution < 1.29 is 9.50 Å². The molecule has 1 unspecified atom stereocenters. The van der Waals surface area contributed by atoms with Crippen LogP contribution in [0.1, 0.15) is 32.4 Å². The average molecular weight is 290 g/mol. The molecule has 0 aliphatic rings. The lowest BCUT2D eigenvalue weighted by Gasteiger charge is -2.22. The van der Waals surface area contributed by atoms with E-state index in [1.165, 1.54) is 6.07 Å². The zero-order chi connectivity index (χ0) is 12.3. The van der Waals surface area contributed by atoms with Crippen molar-refractivity contribution in [1.29, 1.82) is 0 Å². The maximum Gasteiger partial charge on any atom is 0.137 e. The van der Waals surface area contributed by atoms with Gasteiger partial charge in [-0.05, 0) is 54.4 Å². The molecule has 0 aliphatic carbocycles. The molecule has 0 saturated carbocycles. The van der Waals surface area contributed by atoms with Gasteiger partial charge in [-0.1, -0.05) is 6.07 Å². The molecule has 0 heterocycles. The maximum absolute atomic E-state index is 13.3. The van der Waals surface area contributed by atoms with E-state index in [0.29, 0.717) is 11.0 Å². The van der Waals surface area contributed by atoms with Crippen molar-refractivity contribution in [3.63, 3.8) is 0 Å². The highest BCUT2D eigenvalue weighted by Crippen LogP contribution is 2.20. The van der Waals surface area contributed by atoms with Crippen LogP contribution in [-0.4, -0.2) is 17.3 Å². The van der Waals surface area contributed by atoms with E-state index in [2.05, 4.69) is 21.2 Å². The lowest BCUT2D eigenvalue weighted by molar-refractivity contribution is 0.0770. The molecule has 0 radical (unpaired) electrons. The Hall–Kier alpha value is -0.450. The molecular weight excluding hydrogens is 273 g/mol. The van der Waals surface area contributed by atoms with E-state index in [-0.39, 0.29) is 11.9 Å². The van der Waals surface area contributed by atoms with E-state index in [4.69, 9.17) is 0 Å². The van der Waals surface area contributed by atoms with Gasteiger partial charge in [-0.15, -0.1) is 0 Å². The molecule has 0 amide bonds. The Kier molecular flexibility index (Phi) is 4.47. The third kappa shape index (κ3) is 4.20. The Morgan fingerprint density at radius 1 is 1.50 bits per heavy atom. The molecule has 2 N–H and O–H groups in total. The molecule has 4 heteroatoms. The summed E-state index contributed by atoms with van der Waals surface area (Å²) in [5.74, 6) is -0.269. The lowest BCUT2D eigenvalue weighted by atomic mass is 10.1. The summed E-state index contributed by atoms with van der Waals surface area (Å²) in [6.45, 7) is 5.87.